The summed E-state index contributed by atoms with van der Waals surface area (Å²) < 4.78 is 0. The predicted octanol–water partition coefficient (Wildman–Crippen LogP) is 3.16. The molecule has 1 heterocycles. The lowest BCUT2D eigenvalue weighted by molar-refractivity contribution is -0.0271. The molecule has 1 aromatic carbocycles. The molecular formula is C17H25ClN2O. The maximum Gasteiger partial charge on any atom is 0.0774 e. The first-order valence-corrected chi connectivity index (χ1v) is 8.48. The van der Waals surface area contributed by atoms with Crippen LogP contribution in [0.25, 0.3) is 0 Å². The van der Waals surface area contributed by atoms with Gasteiger partial charge in [-0.05, 0) is 37.1 Å². The zero-order chi connectivity index (χ0) is 14.7. The van der Waals surface area contributed by atoms with Crippen molar-refractivity contribution in [3.05, 3.63) is 29.3 Å². The van der Waals surface area contributed by atoms with Gasteiger partial charge in [0.2, 0.25) is 0 Å². The standard InChI is InChI=1S/C17H25ClN2O/c18-15-4-6-16(7-5-15)20-12-10-19(11-13-20)14-17(21)8-2-1-3-9-17/h4-7,21H,1-3,8-14H2. The Morgan fingerprint density at radius 2 is 1.57 bits per heavy atom. The Labute approximate surface area is 132 Å². The Morgan fingerprint density at radius 3 is 2.19 bits per heavy atom. The van der Waals surface area contributed by atoms with Crippen LogP contribution in [0, 0.1) is 0 Å². The van der Waals surface area contributed by atoms with Crippen molar-refractivity contribution in [2.24, 2.45) is 0 Å². The van der Waals surface area contributed by atoms with E-state index < -0.39 is 5.60 Å². The topological polar surface area (TPSA) is 26.7 Å². The number of aliphatic hydroxyl groups is 1. The van der Waals surface area contributed by atoms with Crippen molar-refractivity contribution >= 4 is 17.3 Å². The molecule has 116 valence electrons. The second-order valence-electron chi connectivity index (χ2n) is 6.52. The molecule has 0 spiro atoms. The molecule has 21 heavy (non-hydrogen) atoms. The van der Waals surface area contributed by atoms with Crippen LogP contribution in [0.15, 0.2) is 24.3 Å². The van der Waals surface area contributed by atoms with Crippen molar-refractivity contribution in [2.75, 3.05) is 37.6 Å². The molecule has 2 aliphatic rings. The molecule has 0 aromatic heterocycles. The van der Waals surface area contributed by atoms with Gasteiger partial charge in [0, 0.05) is 43.4 Å². The highest BCUT2D eigenvalue weighted by Gasteiger charge is 2.32. The summed E-state index contributed by atoms with van der Waals surface area (Å²) in [5, 5.41) is 11.5. The first-order chi connectivity index (χ1) is 10.1. The van der Waals surface area contributed by atoms with Gasteiger partial charge in [0.1, 0.15) is 0 Å². The lowest BCUT2D eigenvalue weighted by Crippen LogP contribution is -2.52. The van der Waals surface area contributed by atoms with E-state index in [4.69, 9.17) is 11.6 Å². The van der Waals surface area contributed by atoms with E-state index in [1.807, 2.05) is 12.1 Å². The quantitative estimate of drug-likeness (QED) is 0.929. The second kappa shape index (κ2) is 6.55. The third kappa shape index (κ3) is 3.91. The molecule has 4 heteroatoms. The van der Waals surface area contributed by atoms with Gasteiger partial charge >= 0.3 is 0 Å². The minimum absolute atomic E-state index is 0.430. The maximum atomic E-state index is 10.7. The summed E-state index contributed by atoms with van der Waals surface area (Å²) in [5.41, 5.74) is 0.816. The molecule has 0 unspecified atom stereocenters. The summed E-state index contributed by atoms with van der Waals surface area (Å²) in [6.07, 6.45) is 5.60. The van der Waals surface area contributed by atoms with E-state index in [1.54, 1.807) is 0 Å². The van der Waals surface area contributed by atoms with Crippen LogP contribution in [-0.2, 0) is 0 Å². The summed E-state index contributed by atoms with van der Waals surface area (Å²) in [6.45, 7) is 4.97. The molecule has 1 N–H and O–H groups in total. The molecule has 2 fully saturated rings. The van der Waals surface area contributed by atoms with Gasteiger partial charge in [0.15, 0.2) is 0 Å². The third-order valence-electron chi connectivity index (χ3n) is 4.87. The normalized spacial score (nSPS) is 23.2. The number of benzene rings is 1. The van der Waals surface area contributed by atoms with Crippen LogP contribution in [0.3, 0.4) is 0 Å². The van der Waals surface area contributed by atoms with Crippen molar-refractivity contribution in [3.63, 3.8) is 0 Å². The van der Waals surface area contributed by atoms with E-state index in [0.29, 0.717) is 0 Å². The number of nitrogens with zero attached hydrogens (tertiary/aromatic N) is 2. The Balaban J connectivity index is 1.51. The average molecular weight is 309 g/mol. The molecular weight excluding hydrogens is 284 g/mol. The van der Waals surface area contributed by atoms with Gasteiger partial charge in [-0.25, -0.2) is 0 Å². The number of β-amino-alcohol motifs (C(OH)–C–C–N with tert-alkyl or cyclic N) is 1. The van der Waals surface area contributed by atoms with Gasteiger partial charge < -0.3 is 10.0 Å². The molecule has 1 aliphatic carbocycles. The van der Waals surface area contributed by atoms with Crippen molar-refractivity contribution < 1.29 is 5.11 Å². The summed E-state index contributed by atoms with van der Waals surface area (Å²) >= 11 is 5.94. The number of hydrogen-bond acceptors (Lipinski definition) is 3. The molecule has 3 rings (SSSR count). The Bertz CT molecular complexity index is 448. The predicted molar refractivity (Wildman–Crippen MR) is 88.1 cm³/mol. The highest BCUT2D eigenvalue weighted by atomic mass is 35.5. The summed E-state index contributed by atoms with van der Waals surface area (Å²) in [5.74, 6) is 0. The first-order valence-electron chi connectivity index (χ1n) is 8.10. The molecule has 1 aromatic rings. The molecule has 0 amide bonds. The fraction of sp³-hybridized carbons (Fsp3) is 0.647. The van der Waals surface area contributed by atoms with Gasteiger partial charge in [-0.15, -0.1) is 0 Å². The smallest absolute Gasteiger partial charge is 0.0774 e. The van der Waals surface area contributed by atoms with Crippen LogP contribution in [-0.4, -0.2) is 48.3 Å². The van der Waals surface area contributed by atoms with Crippen molar-refractivity contribution in [1.82, 2.24) is 4.90 Å². The maximum absolute atomic E-state index is 10.7. The number of piperazine rings is 1. The summed E-state index contributed by atoms with van der Waals surface area (Å²) in [6, 6.07) is 8.08. The van der Waals surface area contributed by atoms with E-state index in [2.05, 4.69) is 21.9 Å². The van der Waals surface area contributed by atoms with E-state index in [-0.39, 0.29) is 0 Å². The monoisotopic (exact) mass is 308 g/mol. The van der Waals surface area contributed by atoms with Crippen LogP contribution in [0.4, 0.5) is 5.69 Å². The van der Waals surface area contributed by atoms with E-state index in [0.717, 1.165) is 50.6 Å². The van der Waals surface area contributed by atoms with E-state index >= 15 is 0 Å². The summed E-state index contributed by atoms with van der Waals surface area (Å²) in [4.78, 5) is 4.83. The van der Waals surface area contributed by atoms with Crippen molar-refractivity contribution in [2.45, 2.75) is 37.7 Å². The number of anilines is 1. The Kier molecular flexibility index (Phi) is 4.72. The van der Waals surface area contributed by atoms with Gasteiger partial charge in [-0.1, -0.05) is 30.9 Å². The van der Waals surface area contributed by atoms with E-state index in [1.165, 1.54) is 24.9 Å². The average Bonchev–Trinajstić information content (AvgIpc) is 2.49. The highest BCUT2D eigenvalue weighted by Crippen LogP contribution is 2.29. The number of rotatable bonds is 3. The second-order valence-corrected chi connectivity index (χ2v) is 6.96. The van der Waals surface area contributed by atoms with E-state index in [9.17, 15) is 5.11 Å². The molecule has 3 nitrogen and oxygen atoms in total. The first kappa shape index (κ1) is 15.1. The zero-order valence-corrected chi connectivity index (χ0v) is 13.4. The van der Waals surface area contributed by atoms with Crippen LogP contribution < -0.4 is 4.90 Å². The molecule has 1 saturated carbocycles. The minimum atomic E-state index is -0.430. The third-order valence-corrected chi connectivity index (χ3v) is 5.12. The Morgan fingerprint density at radius 1 is 0.952 bits per heavy atom. The lowest BCUT2D eigenvalue weighted by Gasteiger charge is -2.41. The zero-order valence-electron chi connectivity index (χ0n) is 12.6. The van der Waals surface area contributed by atoms with Crippen LogP contribution >= 0.6 is 11.6 Å². The molecule has 1 aliphatic heterocycles. The van der Waals surface area contributed by atoms with Gasteiger partial charge in [-0.3, -0.25) is 4.90 Å². The molecule has 0 radical (unpaired) electrons. The van der Waals surface area contributed by atoms with Gasteiger partial charge in [-0.2, -0.15) is 0 Å². The molecule has 1 saturated heterocycles. The minimum Gasteiger partial charge on any atom is -0.389 e. The lowest BCUT2D eigenvalue weighted by atomic mass is 9.84. The van der Waals surface area contributed by atoms with Crippen LogP contribution in [0.1, 0.15) is 32.1 Å². The fourth-order valence-electron chi connectivity index (χ4n) is 3.60. The number of hydrogen-bond donors (Lipinski definition) is 1. The van der Waals surface area contributed by atoms with Gasteiger partial charge in [0.25, 0.3) is 0 Å². The number of halogens is 1. The van der Waals surface area contributed by atoms with Gasteiger partial charge in [0.05, 0.1) is 5.60 Å². The molecule has 0 bridgehead atoms. The summed E-state index contributed by atoms with van der Waals surface area (Å²) in [7, 11) is 0. The fourth-order valence-corrected chi connectivity index (χ4v) is 3.73. The SMILES string of the molecule is OC1(CN2CCN(c3ccc(Cl)cc3)CC2)CCCCC1. The van der Waals surface area contributed by atoms with Crippen LogP contribution in [0.2, 0.25) is 5.02 Å². The highest BCUT2D eigenvalue weighted by molar-refractivity contribution is 6.30. The Hall–Kier alpha value is -0.770. The molecule has 0 atom stereocenters. The van der Waals surface area contributed by atoms with Crippen molar-refractivity contribution in [1.29, 1.82) is 0 Å². The van der Waals surface area contributed by atoms with Crippen molar-refractivity contribution in [3.8, 4) is 0 Å². The van der Waals surface area contributed by atoms with Crippen LogP contribution in [0.5, 0.6) is 0 Å². The largest absolute Gasteiger partial charge is 0.389 e.